The molecule has 0 fully saturated rings. The minimum absolute atomic E-state index is 0.0376. The maximum Gasteiger partial charge on any atom is 0.276 e. The van der Waals surface area contributed by atoms with Gasteiger partial charge in [0, 0.05) is 12.6 Å². The minimum atomic E-state index is -0.100. The summed E-state index contributed by atoms with van der Waals surface area (Å²) in [6, 6.07) is 11.8. The van der Waals surface area contributed by atoms with Gasteiger partial charge >= 0.3 is 0 Å². The molecule has 3 aromatic rings. The Bertz CT molecular complexity index is 925. The van der Waals surface area contributed by atoms with Gasteiger partial charge in [0.1, 0.15) is 0 Å². The molecule has 0 saturated carbocycles. The number of aryl methyl sites for hydroxylation is 1. The van der Waals surface area contributed by atoms with Gasteiger partial charge in [0.2, 0.25) is 5.76 Å². The molecule has 0 radical (unpaired) electrons. The Labute approximate surface area is 152 Å². The number of fused-ring (bicyclic) bond motifs is 1. The highest BCUT2D eigenvalue weighted by Gasteiger charge is 2.34. The number of furan rings is 1. The zero-order valence-electron chi connectivity index (χ0n) is 15.2. The van der Waals surface area contributed by atoms with Crippen molar-refractivity contribution in [2.24, 2.45) is 5.92 Å². The molecule has 0 aliphatic carbocycles. The van der Waals surface area contributed by atoms with Gasteiger partial charge in [0.15, 0.2) is 11.5 Å². The van der Waals surface area contributed by atoms with E-state index in [0.29, 0.717) is 29.7 Å². The second-order valence-corrected chi connectivity index (χ2v) is 7.19. The first kappa shape index (κ1) is 16.6. The monoisotopic (exact) mass is 350 g/mol. The quantitative estimate of drug-likeness (QED) is 0.690. The van der Waals surface area contributed by atoms with Crippen molar-refractivity contribution in [3.8, 4) is 11.5 Å². The zero-order valence-corrected chi connectivity index (χ0v) is 15.2. The fourth-order valence-corrected chi connectivity index (χ4v) is 3.79. The Kier molecular flexibility index (Phi) is 4.15. The third-order valence-corrected chi connectivity index (χ3v) is 4.96. The van der Waals surface area contributed by atoms with Crippen molar-refractivity contribution in [1.29, 1.82) is 0 Å². The molecule has 1 aromatic carbocycles. The summed E-state index contributed by atoms with van der Waals surface area (Å²) in [5.74, 6) is 1.23. The van der Waals surface area contributed by atoms with E-state index in [4.69, 9.17) is 8.94 Å². The fourth-order valence-electron chi connectivity index (χ4n) is 3.79. The minimum Gasteiger partial charge on any atom is -0.461 e. The van der Waals surface area contributed by atoms with Crippen LogP contribution in [0.25, 0.3) is 11.5 Å². The number of nitrogens with zero attached hydrogens (tertiary/aromatic N) is 2. The molecular weight excluding hydrogens is 328 g/mol. The van der Waals surface area contributed by atoms with Crippen LogP contribution in [-0.2, 0) is 6.42 Å². The van der Waals surface area contributed by atoms with E-state index in [2.05, 4.69) is 44.1 Å². The molecule has 5 heteroatoms. The Morgan fingerprint density at radius 3 is 2.81 bits per heavy atom. The first-order valence-corrected chi connectivity index (χ1v) is 8.95. The molecule has 134 valence electrons. The summed E-state index contributed by atoms with van der Waals surface area (Å²) < 4.78 is 10.6. The van der Waals surface area contributed by atoms with Crippen LogP contribution in [-0.4, -0.2) is 22.5 Å². The lowest BCUT2D eigenvalue weighted by Gasteiger charge is -2.39. The number of aromatic nitrogens is 1. The smallest absolute Gasteiger partial charge is 0.276 e. The van der Waals surface area contributed by atoms with Crippen molar-refractivity contribution in [3.63, 3.8) is 0 Å². The van der Waals surface area contributed by atoms with E-state index in [0.717, 1.165) is 6.42 Å². The van der Waals surface area contributed by atoms with Crippen molar-refractivity contribution in [2.75, 3.05) is 6.54 Å². The predicted molar refractivity (Wildman–Crippen MR) is 97.7 cm³/mol. The third kappa shape index (κ3) is 2.83. The SMILES string of the molecule is Cc1ccc2c(c1)CCN(C(=O)c1cc(-c3ccco3)on1)C2C(C)C. The molecule has 0 spiro atoms. The van der Waals surface area contributed by atoms with Gasteiger partial charge in [-0.05, 0) is 42.5 Å². The number of carbonyl (C=O) groups excluding carboxylic acids is 1. The number of hydrogen-bond donors (Lipinski definition) is 0. The highest BCUT2D eigenvalue weighted by atomic mass is 16.5. The fraction of sp³-hybridized carbons (Fsp3) is 0.333. The Morgan fingerprint density at radius 2 is 2.08 bits per heavy atom. The van der Waals surface area contributed by atoms with Crippen LogP contribution in [0, 0.1) is 12.8 Å². The molecule has 5 nitrogen and oxygen atoms in total. The second kappa shape index (κ2) is 6.48. The highest BCUT2D eigenvalue weighted by Crippen LogP contribution is 2.36. The van der Waals surface area contributed by atoms with E-state index in [1.807, 2.05) is 4.90 Å². The van der Waals surface area contributed by atoms with Gasteiger partial charge in [-0.25, -0.2) is 0 Å². The van der Waals surface area contributed by atoms with Crippen molar-refractivity contribution in [1.82, 2.24) is 10.1 Å². The van der Waals surface area contributed by atoms with E-state index in [1.54, 1.807) is 24.5 Å². The zero-order chi connectivity index (χ0) is 18.3. The Hall–Kier alpha value is -2.82. The van der Waals surface area contributed by atoms with Gasteiger partial charge in [-0.1, -0.05) is 42.8 Å². The molecule has 1 amide bonds. The van der Waals surface area contributed by atoms with Gasteiger partial charge < -0.3 is 13.8 Å². The standard InChI is InChI=1S/C21H22N2O3/c1-13(2)20-16-7-6-14(3)11-15(16)8-9-23(20)21(24)17-12-19(26-22-17)18-5-4-10-25-18/h4-7,10-13,20H,8-9H2,1-3H3. The summed E-state index contributed by atoms with van der Waals surface area (Å²) in [4.78, 5) is 15.1. The molecule has 1 atom stereocenters. The molecule has 1 unspecified atom stereocenters. The summed E-state index contributed by atoms with van der Waals surface area (Å²) in [5.41, 5.74) is 4.15. The van der Waals surface area contributed by atoms with Crippen LogP contribution in [0.4, 0.5) is 0 Å². The van der Waals surface area contributed by atoms with Crippen molar-refractivity contribution in [3.05, 3.63) is 65.0 Å². The number of amides is 1. The van der Waals surface area contributed by atoms with E-state index >= 15 is 0 Å². The molecule has 2 aromatic heterocycles. The van der Waals surface area contributed by atoms with Crippen LogP contribution in [0.5, 0.6) is 0 Å². The van der Waals surface area contributed by atoms with Crippen molar-refractivity contribution >= 4 is 5.91 Å². The number of rotatable bonds is 3. The summed E-state index contributed by atoms with van der Waals surface area (Å²) >= 11 is 0. The lowest BCUT2D eigenvalue weighted by atomic mass is 9.85. The second-order valence-electron chi connectivity index (χ2n) is 7.19. The molecule has 1 aliphatic rings. The summed E-state index contributed by atoms with van der Waals surface area (Å²) in [7, 11) is 0. The Morgan fingerprint density at radius 1 is 1.23 bits per heavy atom. The third-order valence-electron chi connectivity index (χ3n) is 4.96. The number of hydrogen-bond acceptors (Lipinski definition) is 4. The average Bonchev–Trinajstić information content (AvgIpc) is 3.31. The molecule has 4 rings (SSSR count). The van der Waals surface area contributed by atoms with Gasteiger partial charge in [0.25, 0.3) is 5.91 Å². The molecule has 0 bridgehead atoms. The van der Waals surface area contributed by atoms with Crippen LogP contribution in [0.15, 0.2) is 51.6 Å². The molecular formula is C21H22N2O3. The van der Waals surface area contributed by atoms with Crippen LogP contribution in [0.2, 0.25) is 0 Å². The van der Waals surface area contributed by atoms with Gasteiger partial charge in [-0.2, -0.15) is 0 Å². The van der Waals surface area contributed by atoms with Crippen LogP contribution in [0.1, 0.15) is 47.1 Å². The lowest BCUT2D eigenvalue weighted by molar-refractivity contribution is 0.0593. The summed E-state index contributed by atoms with van der Waals surface area (Å²) in [6.45, 7) is 7.09. The molecule has 0 N–H and O–H groups in total. The van der Waals surface area contributed by atoms with Crippen LogP contribution < -0.4 is 0 Å². The topological polar surface area (TPSA) is 59.5 Å². The van der Waals surface area contributed by atoms with E-state index in [9.17, 15) is 4.79 Å². The van der Waals surface area contributed by atoms with Crippen molar-refractivity contribution in [2.45, 2.75) is 33.2 Å². The largest absolute Gasteiger partial charge is 0.461 e. The molecule has 1 aliphatic heterocycles. The van der Waals surface area contributed by atoms with E-state index < -0.39 is 0 Å². The Balaban J connectivity index is 1.66. The maximum absolute atomic E-state index is 13.1. The molecule has 26 heavy (non-hydrogen) atoms. The molecule has 0 saturated heterocycles. The summed E-state index contributed by atoms with van der Waals surface area (Å²) in [5, 5.41) is 3.98. The first-order chi connectivity index (χ1) is 12.5. The van der Waals surface area contributed by atoms with Gasteiger partial charge in [0.05, 0.1) is 12.3 Å². The van der Waals surface area contributed by atoms with Gasteiger partial charge in [-0.3, -0.25) is 4.79 Å². The predicted octanol–water partition coefficient (Wildman–Crippen LogP) is 4.64. The number of benzene rings is 1. The maximum atomic E-state index is 13.1. The normalized spacial score (nSPS) is 16.8. The van der Waals surface area contributed by atoms with E-state index in [-0.39, 0.29) is 11.9 Å². The van der Waals surface area contributed by atoms with Crippen molar-refractivity contribution < 1.29 is 13.7 Å². The highest BCUT2D eigenvalue weighted by molar-refractivity contribution is 5.93. The van der Waals surface area contributed by atoms with Crippen LogP contribution >= 0.6 is 0 Å². The van der Waals surface area contributed by atoms with Gasteiger partial charge in [-0.15, -0.1) is 0 Å². The molecule has 3 heterocycles. The average molecular weight is 350 g/mol. The summed E-state index contributed by atoms with van der Waals surface area (Å²) in [6.07, 6.45) is 2.42. The van der Waals surface area contributed by atoms with Crippen LogP contribution in [0.3, 0.4) is 0 Å². The first-order valence-electron chi connectivity index (χ1n) is 8.95. The lowest BCUT2D eigenvalue weighted by Crippen LogP contribution is -2.42. The van der Waals surface area contributed by atoms with E-state index in [1.165, 1.54) is 16.7 Å². The number of carbonyl (C=O) groups is 1.